The van der Waals surface area contributed by atoms with Crippen LogP contribution in [0.3, 0.4) is 0 Å². The van der Waals surface area contributed by atoms with Crippen molar-refractivity contribution in [3.63, 3.8) is 0 Å². The number of nitrogens with one attached hydrogen (secondary N) is 1. The number of halogens is 2. The van der Waals surface area contributed by atoms with Gasteiger partial charge in [-0.3, -0.25) is 4.79 Å². The van der Waals surface area contributed by atoms with Crippen molar-refractivity contribution in [2.45, 2.75) is 0 Å². The SMILES string of the molecule is COc1ccc(C#N)cc1OCC(=O)Nc1ccc(F)c(Cl)c1. The molecule has 1 N–H and O–H groups in total. The van der Waals surface area contributed by atoms with E-state index in [1.165, 1.54) is 25.3 Å². The van der Waals surface area contributed by atoms with Crippen LogP contribution in [0.5, 0.6) is 11.5 Å². The van der Waals surface area contributed by atoms with Crippen molar-refractivity contribution in [1.29, 1.82) is 5.26 Å². The Morgan fingerprint density at radius 2 is 2.09 bits per heavy atom. The smallest absolute Gasteiger partial charge is 0.262 e. The molecule has 2 aromatic carbocycles. The third kappa shape index (κ3) is 4.34. The Hall–Kier alpha value is -2.78. The zero-order chi connectivity index (χ0) is 16.8. The number of anilines is 1. The van der Waals surface area contributed by atoms with Crippen LogP contribution in [0.25, 0.3) is 0 Å². The monoisotopic (exact) mass is 334 g/mol. The average Bonchev–Trinajstić information content (AvgIpc) is 2.56. The van der Waals surface area contributed by atoms with E-state index >= 15 is 0 Å². The fraction of sp³-hybridized carbons (Fsp3) is 0.125. The highest BCUT2D eigenvalue weighted by molar-refractivity contribution is 6.31. The molecule has 2 aromatic rings. The van der Waals surface area contributed by atoms with E-state index in [0.717, 1.165) is 6.07 Å². The van der Waals surface area contributed by atoms with E-state index in [9.17, 15) is 9.18 Å². The molecule has 5 nitrogen and oxygen atoms in total. The van der Waals surface area contributed by atoms with Crippen molar-refractivity contribution in [3.8, 4) is 17.6 Å². The maximum atomic E-state index is 13.1. The van der Waals surface area contributed by atoms with Crippen LogP contribution in [0.15, 0.2) is 36.4 Å². The standard InChI is InChI=1S/C16H12ClFN2O3/c1-22-14-5-2-10(8-19)6-15(14)23-9-16(21)20-11-3-4-13(18)12(17)7-11/h2-7H,9H2,1H3,(H,20,21). The molecule has 118 valence electrons. The van der Waals surface area contributed by atoms with Crippen LogP contribution in [0.4, 0.5) is 10.1 Å². The second kappa shape index (κ2) is 7.47. The zero-order valence-corrected chi connectivity index (χ0v) is 12.9. The third-order valence-electron chi connectivity index (χ3n) is 2.85. The molecule has 0 radical (unpaired) electrons. The largest absolute Gasteiger partial charge is 0.493 e. The van der Waals surface area contributed by atoms with Crippen LogP contribution in [0.1, 0.15) is 5.56 Å². The lowest BCUT2D eigenvalue weighted by atomic mass is 10.2. The first-order valence-corrected chi connectivity index (χ1v) is 6.87. The zero-order valence-electron chi connectivity index (χ0n) is 12.1. The molecule has 0 saturated heterocycles. The molecule has 0 unspecified atom stereocenters. The predicted octanol–water partition coefficient (Wildman–Crippen LogP) is 3.38. The van der Waals surface area contributed by atoms with Gasteiger partial charge < -0.3 is 14.8 Å². The summed E-state index contributed by atoms with van der Waals surface area (Å²) in [7, 11) is 1.45. The summed E-state index contributed by atoms with van der Waals surface area (Å²) in [6, 6.07) is 10.4. The van der Waals surface area contributed by atoms with E-state index in [4.69, 9.17) is 26.3 Å². The molecule has 23 heavy (non-hydrogen) atoms. The Morgan fingerprint density at radius 1 is 1.30 bits per heavy atom. The first kappa shape index (κ1) is 16.6. The lowest BCUT2D eigenvalue weighted by Gasteiger charge is -2.11. The van der Waals surface area contributed by atoms with Crippen LogP contribution < -0.4 is 14.8 Å². The summed E-state index contributed by atoms with van der Waals surface area (Å²) in [5, 5.41) is 11.3. The number of hydrogen-bond donors (Lipinski definition) is 1. The van der Waals surface area contributed by atoms with Gasteiger partial charge >= 0.3 is 0 Å². The molecule has 0 aromatic heterocycles. The van der Waals surface area contributed by atoms with Gasteiger partial charge in [0.15, 0.2) is 18.1 Å². The minimum absolute atomic E-state index is 0.0906. The van der Waals surface area contributed by atoms with Crippen LogP contribution >= 0.6 is 11.6 Å². The molecule has 2 rings (SSSR count). The number of methoxy groups -OCH3 is 1. The van der Waals surface area contributed by atoms with Crippen LogP contribution in [0.2, 0.25) is 5.02 Å². The number of amides is 1. The van der Waals surface area contributed by atoms with E-state index in [1.54, 1.807) is 12.1 Å². The number of hydrogen-bond acceptors (Lipinski definition) is 4. The van der Waals surface area contributed by atoms with E-state index in [1.807, 2.05) is 6.07 Å². The summed E-state index contributed by atoms with van der Waals surface area (Å²) in [5.41, 5.74) is 0.731. The minimum Gasteiger partial charge on any atom is -0.493 e. The Balaban J connectivity index is 2.01. The van der Waals surface area contributed by atoms with Crippen molar-refractivity contribution in [3.05, 3.63) is 52.8 Å². The fourth-order valence-electron chi connectivity index (χ4n) is 1.77. The topological polar surface area (TPSA) is 71.3 Å². The second-order valence-corrected chi connectivity index (χ2v) is 4.85. The number of nitrogens with zero attached hydrogens (tertiary/aromatic N) is 1. The first-order valence-electron chi connectivity index (χ1n) is 6.49. The first-order chi connectivity index (χ1) is 11.0. The Kier molecular flexibility index (Phi) is 5.39. The summed E-state index contributed by atoms with van der Waals surface area (Å²) in [6.45, 7) is -0.305. The molecule has 0 saturated carbocycles. The molecular weight excluding hydrogens is 323 g/mol. The minimum atomic E-state index is -0.570. The van der Waals surface area contributed by atoms with Gasteiger partial charge in [0, 0.05) is 11.8 Å². The van der Waals surface area contributed by atoms with Crippen LogP contribution in [-0.4, -0.2) is 19.6 Å². The van der Waals surface area contributed by atoms with E-state index in [-0.39, 0.29) is 17.4 Å². The van der Waals surface area contributed by atoms with Gasteiger partial charge in [-0.2, -0.15) is 5.26 Å². The van der Waals surface area contributed by atoms with Crippen LogP contribution in [-0.2, 0) is 4.79 Å². The van der Waals surface area contributed by atoms with E-state index < -0.39 is 11.7 Å². The number of carbonyl (C=O) groups is 1. The third-order valence-corrected chi connectivity index (χ3v) is 3.14. The fourth-order valence-corrected chi connectivity index (χ4v) is 1.95. The predicted molar refractivity (Wildman–Crippen MR) is 83.2 cm³/mol. The maximum Gasteiger partial charge on any atom is 0.262 e. The number of carbonyl (C=O) groups excluding carboxylic acids is 1. The van der Waals surface area contributed by atoms with Gasteiger partial charge in [-0.25, -0.2) is 4.39 Å². The van der Waals surface area contributed by atoms with Crippen molar-refractivity contribution < 1.29 is 18.7 Å². The molecule has 7 heteroatoms. The van der Waals surface area contributed by atoms with Gasteiger partial charge in [0.1, 0.15) is 5.82 Å². The molecule has 1 amide bonds. The molecule has 0 heterocycles. The second-order valence-electron chi connectivity index (χ2n) is 4.44. The lowest BCUT2D eigenvalue weighted by Crippen LogP contribution is -2.20. The van der Waals surface area contributed by atoms with Gasteiger partial charge in [-0.1, -0.05) is 11.6 Å². The van der Waals surface area contributed by atoms with Crippen molar-refractivity contribution in [1.82, 2.24) is 0 Å². The number of ether oxygens (including phenoxy) is 2. The molecule has 0 fully saturated rings. The van der Waals surface area contributed by atoms with Crippen molar-refractivity contribution in [2.75, 3.05) is 19.0 Å². The highest BCUT2D eigenvalue weighted by Crippen LogP contribution is 2.27. The maximum absolute atomic E-state index is 13.1. The van der Waals surface area contributed by atoms with E-state index in [0.29, 0.717) is 17.0 Å². The average molecular weight is 335 g/mol. The van der Waals surface area contributed by atoms with Gasteiger partial charge in [0.05, 0.1) is 23.8 Å². The van der Waals surface area contributed by atoms with Crippen molar-refractivity contribution in [2.24, 2.45) is 0 Å². The highest BCUT2D eigenvalue weighted by Gasteiger charge is 2.10. The molecule has 0 aliphatic heterocycles. The van der Waals surface area contributed by atoms with Crippen molar-refractivity contribution >= 4 is 23.2 Å². The summed E-state index contributed by atoms with van der Waals surface area (Å²) in [6.07, 6.45) is 0. The normalized spacial score (nSPS) is 9.83. The van der Waals surface area contributed by atoms with Crippen LogP contribution in [0, 0.1) is 17.1 Å². The molecule has 0 bridgehead atoms. The quantitative estimate of drug-likeness (QED) is 0.910. The van der Waals surface area contributed by atoms with Gasteiger partial charge in [0.25, 0.3) is 5.91 Å². The van der Waals surface area contributed by atoms with Gasteiger partial charge in [-0.15, -0.1) is 0 Å². The molecule has 0 atom stereocenters. The summed E-state index contributed by atoms with van der Waals surface area (Å²) in [5.74, 6) is -0.350. The van der Waals surface area contributed by atoms with E-state index in [2.05, 4.69) is 5.32 Å². The Labute approximate surface area is 137 Å². The Morgan fingerprint density at radius 3 is 2.74 bits per heavy atom. The van der Waals surface area contributed by atoms with Gasteiger partial charge in [-0.05, 0) is 30.3 Å². The number of rotatable bonds is 5. The Bertz CT molecular complexity index is 774. The number of benzene rings is 2. The summed E-state index contributed by atoms with van der Waals surface area (Å²) in [4.78, 5) is 11.9. The lowest BCUT2D eigenvalue weighted by molar-refractivity contribution is -0.118. The molecule has 0 spiro atoms. The molecular formula is C16H12ClFN2O3. The highest BCUT2D eigenvalue weighted by atomic mass is 35.5. The number of nitriles is 1. The molecule has 0 aliphatic rings. The molecule has 0 aliphatic carbocycles. The summed E-state index contributed by atoms with van der Waals surface area (Å²) >= 11 is 5.64. The van der Waals surface area contributed by atoms with Gasteiger partial charge in [0.2, 0.25) is 0 Å². The summed E-state index contributed by atoms with van der Waals surface area (Å²) < 4.78 is 23.5.